The van der Waals surface area contributed by atoms with E-state index in [-0.39, 0.29) is 17.5 Å². The van der Waals surface area contributed by atoms with Crippen molar-refractivity contribution in [2.75, 3.05) is 17.2 Å². The third-order valence-electron chi connectivity index (χ3n) is 3.61. The van der Waals surface area contributed by atoms with Crippen LogP contribution in [0.2, 0.25) is 0 Å². The predicted octanol–water partition coefficient (Wildman–Crippen LogP) is 3.74. The van der Waals surface area contributed by atoms with Gasteiger partial charge in [-0.1, -0.05) is 12.1 Å². The highest BCUT2D eigenvalue weighted by molar-refractivity contribution is 6.03. The lowest BCUT2D eigenvalue weighted by Crippen LogP contribution is -2.14. The van der Waals surface area contributed by atoms with Crippen LogP contribution in [-0.4, -0.2) is 22.5 Å². The summed E-state index contributed by atoms with van der Waals surface area (Å²) < 4.78 is 5.38. The number of nitrogens with one attached hydrogen (secondary N) is 2. The summed E-state index contributed by atoms with van der Waals surface area (Å²) in [5.74, 6) is 0.607. The first-order valence-corrected chi connectivity index (χ1v) is 8.33. The highest BCUT2D eigenvalue weighted by Crippen LogP contribution is 2.19. The molecule has 0 saturated heterocycles. The Balaban J connectivity index is 1.73. The van der Waals surface area contributed by atoms with Crippen LogP contribution in [0, 0.1) is 11.3 Å². The van der Waals surface area contributed by atoms with Gasteiger partial charge >= 0.3 is 0 Å². The predicted molar refractivity (Wildman–Crippen MR) is 102 cm³/mol. The molecule has 1 aromatic heterocycles. The van der Waals surface area contributed by atoms with E-state index >= 15 is 0 Å². The van der Waals surface area contributed by atoms with Crippen molar-refractivity contribution in [2.24, 2.45) is 0 Å². The zero-order valence-electron chi connectivity index (χ0n) is 14.6. The standard InChI is InChI=1S/C20H17N5O2/c1-2-27-16-9-7-15(8-10-16)23-19(26)18-11-12-22-20(25-18)24-17-6-4-3-5-14(17)13-21/h3-12H,2H2,1H3,(H,23,26)(H,22,24,25). The lowest BCUT2D eigenvalue weighted by molar-refractivity contribution is 0.102. The number of carbonyl (C=O) groups excluding carboxylic acids is 1. The molecule has 7 nitrogen and oxygen atoms in total. The molecule has 2 N–H and O–H groups in total. The van der Waals surface area contributed by atoms with Gasteiger partial charge in [0.25, 0.3) is 5.91 Å². The zero-order valence-corrected chi connectivity index (χ0v) is 14.6. The summed E-state index contributed by atoms with van der Waals surface area (Å²) in [5, 5.41) is 14.9. The summed E-state index contributed by atoms with van der Waals surface area (Å²) in [6.45, 7) is 2.49. The Labute approximate surface area is 156 Å². The lowest BCUT2D eigenvalue weighted by Gasteiger charge is -2.09. The number of hydrogen-bond donors (Lipinski definition) is 2. The van der Waals surface area contributed by atoms with Gasteiger partial charge in [-0.2, -0.15) is 5.26 Å². The van der Waals surface area contributed by atoms with E-state index in [9.17, 15) is 4.79 Å². The van der Waals surface area contributed by atoms with Gasteiger partial charge in [0, 0.05) is 11.9 Å². The molecule has 0 unspecified atom stereocenters. The van der Waals surface area contributed by atoms with Crippen molar-refractivity contribution in [2.45, 2.75) is 6.92 Å². The van der Waals surface area contributed by atoms with E-state index in [1.807, 2.05) is 6.92 Å². The Morgan fingerprint density at radius 1 is 1.15 bits per heavy atom. The van der Waals surface area contributed by atoms with Gasteiger partial charge in [0.05, 0.1) is 17.9 Å². The first-order chi connectivity index (χ1) is 13.2. The largest absolute Gasteiger partial charge is 0.494 e. The van der Waals surface area contributed by atoms with E-state index in [1.165, 1.54) is 12.3 Å². The number of nitriles is 1. The zero-order chi connectivity index (χ0) is 19.1. The Hall–Kier alpha value is -3.92. The molecule has 3 rings (SSSR count). The summed E-state index contributed by atoms with van der Waals surface area (Å²) in [6.07, 6.45) is 1.48. The third-order valence-corrected chi connectivity index (χ3v) is 3.61. The van der Waals surface area contributed by atoms with E-state index in [2.05, 4.69) is 26.7 Å². The van der Waals surface area contributed by atoms with Crippen LogP contribution in [0.1, 0.15) is 23.0 Å². The second-order valence-electron chi connectivity index (χ2n) is 5.46. The quantitative estimate of drug-likeness (QED) is 0.695. The topological polar surface area (TPSA) is 99.9 Å². The summed E-state index contributed by atoms with van der Waals surface area (Å²) in [5.41, 5.74) is 1.87. The average Bonchev–Trinajstić information content (AvgIpc) is 2.70. The van der Waals surface area contributed by atoms with Crippen LogP contribution in [0.25, 0.3) is 0 Å². The molecule has 0 aliphatic carbocycles. The van der Waals surface area contributed by atoms with Crippen molar-refractivity contribution in [1.29, 1.82) is 5.26 Å². The Morgan fingerprint density at radius 3 is 2.67 bits per heavy atom. The number of amides is 1. The van der Waals surface area contributed by atoms with Gasteiger partial charge in [-0.25, -0.2) is 9.97 Å². The van der Waals surface area contributed by atoms with E-state index in [1.54, 1.807) is 48.5 Å². The molecular formula is C20H17N5O2. The molecule has 0 spiro atoms. The molecule has 3 aromatic rings. The molecule has 134 valence electrons. The number of para-hydroxylation sites is 1. The number of carbonyl (C=O) groups is 1. The number of ether oxygens (including phenoxy) is 1. The van der Waals surface area contributed by atoms with E-state index < -0.39 is 0 Å². The summed E-state index contributed by atoms with van der Waals surface area (Å²) in [6, 6.07) is 17.7. The minimum Gasteiger partial charge on any atom is -0.494 e. The van der Waals surface area contributed by atoms with E-state index in [4.69, 9.17) is 10.00 Å². The molecule has 0 fully saturated rings. The highest BCUT2D eigenvalue weighted by Gasteiger charge is 2.10. The van der Waals surface area contributed by atoms with Gasteiger partial charge in [0.15, 0.2) is 0 Å². The second-order valence-corrected chi connectivity index (χ2v) is 5.46. The summed E-state index contributed by atoms with van der Waals surface area (Å²) in [7, 11) is 0. The van der Waals surface area contributed by atoms with Gasteiger partial charge in [-0.3, -0.25) is 4.79 Å². The molecule has 0 atom stereocenters. The van der Waals surface area contributed by atoms with Crippen LogP contribution in [0.3, 0.4) is 0 Å². The fraction of sp³-hybridized carbons (Fsp3) is 0.100. The van der Waals surface area contributed by atoms with Crippen LogP contribution < -0.4 is 15.4 Å². The fourth-order valence-electron chi connectivity index (χ4n) is 2.35. The van der Waals surface area contributed by atoms with Crippen molar-refractivity contribution in [3.8, 4) is 11.8 Å². The first kappa shape index (κ1) is 17.9. The molecule has 1 amide bonds. The van der Waals surface area contributed by atoms with E-state index in [0.717, 1.165) is 5.75 Å². The maximum absolute atomic E-state index is 12.4. The van der Waals surface area contributed by atoms with Crippen molar-refractivity contribution < 1.29 is 9.53 Å². The van der Waals surface area contributed by atoms with Crippen molar-refractivity contribution >= 4 is 23.2 Å². The van der Waals surface area contributed by atoms with Gasteiger partial charge < -0.3 is 15.4 Å². The van der Waals surface area contributed by atoms with Gasteiger partial charge in [-0.15, -0.1) is 0 Å². The van der Waals surface area contributed by atoms with Crippen LogP contribution in [0.4, 0.5) is 17.3 Å². The maximum atomic E-state index is 12.4. The molecule has 2 aromatic carbocycles. The minimum absolute atomic E-state index is 0.204. The Kier molecular flexibility index (Phi) is 5.60. The van der Waals surface area contributed by atoms with Gasteiger partial charge in [0.2, 0.25) is 5.95 Å². The Bertz CT molecular complexity index is 980. The number of aromatic nitrogens is 2. The molecule has 0 radical (unpaired) electrons. The van der Waals surface area contributed by atoms with Crippen molar-refractivity contribution in [1.82, 2.24) is 9.97 Å². The highest BCUT2D eigenvalue weighted by atomic mass is 16.5. The number of hydrogen-bond acceptors (Lipinski definition) is 6. The molecule has 0 aliphatic rings. The molecule has 0 bridgehead atoms. The molecular weight excluding hydrogens is 342 g/mol. The van der Waals surface area contributed by atoms with Crippen LogP contribution in [0.15, 0.2) is 60.8 Å². The van der Waals surface area contributed by atoms with E-state index in [0.29, 0.717) is 23.5 Å². The van der Waals surface area contributed by atoms with Crippen molar-refractivity contribution in [3.63, 3.8) is 0 Å². The SMILES string of the molecule is CCOc1ccc(NC(=O)c2ccnc(Nc3ccccc3C#N)n2)cc1. The summed E-state index contributed by atoms with van der Waals surface area (Å²) >= 11 is 0. The molecule has 27 heavy (non-hydrogen) atoms. The monoisotopic (exact) mass is 359 g/mol. The van der Waals surface area contributed by atoms with Gasteiger partial charge in [-0.05, 0) is 49.4 Å². The van der Waals surface area contributed by atoms with Crippen LogP contribution >= 0.6 is 0 Å². The number of anilines is 3. The number of nitrogens with zero attached hydrogens (tertiary/aromatic N) is 3. The molecule has 0 aliphatic heterocycles. The molecule has 0 saturated carbocycles. The molecule has 1 heterocycles. The van der Waals surface area contributed by atoms with Crippen LogP contribution in [-0.2, 0) is 0 Å². The number of rotatable bonds is 6. The minimum atomic E-state index is -0.363. The smallest absolute Gasteiger partial charge is 0.274 e. The number of benzene rings is 2. The second kappa shape index (κ2) is 8.45. The molecule has 7 heteroatoms. The fourth-order valence-corrected chi connectivity index (χ4v) is 2.35. The van der Waals surface area contributed by atoms with Gasteiger partial charge in [0.1, 0.15) is 17.5 Å². The first-order valence-electron chi connectivity index (χ1n) is 8.33. The third kappa shape index (κ3) is 4.58. The Morgan fingerprint density at radius 2 is 1.93 bits per heavy atom. The lowest BCUT2D eigenvalue weighted by atomic mass is 10.2. The maximum Gasteiger partial charge on any atom is 0.274 e. The van der Waals surface area contributed by atoms with Crippen LogP contribution in [0.5, 0.6) is 5.75 Å². The summed E-state index contributed by atoms with van der Waals surface area (Å²) in [4.78, 5) is 20.8. The van der Waals surface area contributed by atoms with Crippen molar-refractivity contribution in [3.05, 3.63) is 72.1 Å². The normalized spacial score (nSPS) is 9.93. The average molecular weight is 359 g/mol.